The van der Waals surface area contributed by atoms with Crippen molar-refractivity contribution in [3.8, 4) is 28.7 Å². The molecular weight excluding hydrogens is 444 g/mol. The van der Waals surface area contributed by atoms with Crippen molar-refractivity contribution in [1.82, 2.24) is 10.2 Å². The summed E-state index contributed by atoms with van der Waals surface area (Å²) in [5.41, 5.74) is 1.90. The van der Waals surface area contributed by atoms with Gasteiger partial charge in [-0.1, -0.05) is 27.7 Å². The Morgan fingerprint density at radius 2 is 1.68 bits per heavy atom. The molecule has 8 heteroatoms. The molecule has 0 spiro atoms. The van der Waals surface area contributed by atoms with Crippen LogP contribution in [0.4, 0.5) is 0 Å². The van der Waals surface area contributed by atoms with Gasteiger partial charge in [-0.2, -0.15) is 0 Å². The van der Waals surface area contributed by atoms with Gasteiger partial charge in [0.2, 0.25) is 5.89 Å². The lowest BCUT2D eigenvalue weighted by Gasteiger charge is -2.13. The first-order chi connectivity index (χ1) is 13.6. The summed E-state index contributed by atoms with van der Waals surface area (Å²) in [5, 5.41) is 8.76. The summed E-state index contributed by atoms with van der Waals surface area (Å²) in [6, 6.07) is 11.4. The van der Waals surface area contributed by atoms with Crippen LogP contribution in [-0.2, 0) is 5.75 Å². The van der Waals surface area contributed by atoms with E-state index in [0.717, 1.165) is 32.8 Å². The fourth-order valence-corrected chi connectivity index (χ4v) is 3.88. The van der Waals surface area contributed by atoms with Gasteiger partial charge in [0.25, 0.3) is 5.22 Å². The van der Waals surface area contributed by atoms with Gasteiger partial charge in [-0.05, 0) is 55.8 Å². The number of rotatable bonds is 9. The van der Waals surface area contributed by atoms with Crippen LogP contribution in [0, 0.1) is 0 Å². The highest BCUT2D eigenvalue weighted by atomic mass is 79.9. The topological polar surface area (TPSA) is 66.6 Å². The summed E-state index contributed by atoms with van der Waals surface area (Å²) >= 11 is 5.07. The van der Waals surface area contributed by atoms with Crippen molar-refractivity contribution < 1.29 is 18.6 Å². The monoisotopic (exact) mass is 464 g/mol. The second kappa shape index (κ2) is 9.84. The molecule has 1 aromatic heterocycles. The zero-order valence-electron chi connectivity index (χ0n) is 15.9. The number of aromatic nitrogens is 2. The number of halogens is 1. The lowest BCUT2D eigenvalue weighted by Crippen LogP contribution is -1.99. The zero-order valence-corrected chi connectivity index (χ0v) is 18.3. The number of thioether (sulfide) groups is 1. The molecule has 0 saturated carbocycles. The molecule has 0 aliphatic carbocycles. The van der Waals surface area contributed by atoms with E-state index < -0.39 is 0 Å². The number of ether oxygens (including phenoxy) is 3. The number of hydrogen-bond donors (Lipinski definition) is 0. The summed E-state index contributed by atoms with van der Waals surface area (Å²) in [4.78, 5) is 0. The van der Waals surface area contributed by atoms with Crippen molar-refractivity contribution >= 4 is 27.7 Å². The third kappa shape index (κ3) is 4.99. The minimum absolute atomic E-state index is 0.478. The molecule has 0 N–H and O–H groups in total. The largest absolute Gasteiger partial charge is 0.497 e. The van der Waals surface area contributed by atoms with Crippen LogP contribution in [0.25, 0.3) is 11.5 Å². The molecule has 0 aliphatic heterocycles. The number of hydrogen-bond acceptors (Lipinski definition) is 7. The van der Waals surface area contributed by atoms with E-state index in [9.17, 15) is 0 Å². The molecule has 0 radical (unpaired) electrons. The summed E-state index contributed by atoms with van der Waals surface area (Å²) in [7, 11) is 1.63. The van der Waals surface area contributed by atoms with Crippen molar-refractivity contribution in [3.05, 3.63) is 46.4 Å². The summed E-state index contributed by atoms with van der Waals surface area (Å²) in [6.07, 6.45) is 0. The third-order valence-corrected chi connectivity index (χ3v) is 5.41. The minimum Gasteiger partial charge on any atom is -0.497 e. The Balaban J connectivity index is 1.71. The van der Waals surface area contributed by atoms with Gasteiger partial charge in [-0.15, -0.1) is 10.2 Å². The predicted molar refractivity (Wildman–Crippen MR) is 112 cm³/mol. The molecular formula is C20H21BrN2O4S. The molecule has 2 aromatic carbocycles. The van der Waals surface area contributed by atoms with Gasteiger partial charge in [0, 0.05) is 15.8 Å². The molecule has 148 valence electrons. The Labute approximate surface area is 176 Å². The van der Waals surface area contributed by atoms with Crippen molar-refractivity contribution in [2.45, 2.75) is 24.8 Å². The van der Waals surface area contributed by atoms with Gasteiger partial charge < -0.3 is 18.6 Å². The third-order valence-electron chi connectivity index (χ3n) is 3.81. The fraction of sp³-hybridized carbons (Fsp3) is 0.300. The molecule has 3 rings (SSSR count). The van der Waals surface area contributed by atoms with Crippen LogP contribution < -0.4 is 14.2 Å². The smallest absolute Gasteiger partial charge is 0.277 e. The van der Waals surface area contributed by atoms with Gasteiger partial charge in [-0.3, -0.25) is 0 Å². The van der Waals surface area contributed by atoms with Gasteiger partial charge in [-0.25, -0.2) is 0 Å². The summed E-state index contributed by atoms with van der Waals surface area (Å²) in [5.74, 6) is 3.36. The summed E-state index contributed by atoms with van der Waals surface area (Å²) in [6.45, 7) is 5.05. The highest BCUT2D eigenvalue weighted by Crippen LogP contribution is 2.36. The van der Waals surface area contributed by atoms with Gasteiger partial charge >= 0.3 is 0 Å². The Bertz CT molecular complexity index is 915. The lowest BCUT2D eigenvalue weighted by molar-refractivity contribution is 0.287. The van der Waals surface area contributed by atoms with E-state index in [1.807, 2.05) is 50.2 Å². The van der Waals surface area contributed by atoms with E-state index in [1.165, 1.54) is 11.8 Å². The highest BCUT2D eigenvalue weighted by Gasteiger charge is 2.14. The molecule has 0 unspecified atom stereocenters. The van der Waals surface area contributed by atoms with Crippen molar-refractivity contribution in [2.75, 3.05) is 20.3 Å². The maximum atomic E-state index is 5.77. The fourth-order valence-electron chi connectivity index (χ4n) is 2.48. The van der Waals surface area contributed by atoms with Crippen LogP contribution in [0.5, 0.6) is 17.2 Å². The van der Waals surface area contributed by atoms with E-state index in [0.29, 0.717) is 30.1 Å². The van der Waals surface area contributed by atoms with Crippen LogP contribution in [0.1, 0.15) is 19.4 Å². The molecule has 0 fully saturated rings. The van der Waals surface area contributed by atoms with Gasteiger partial charge in [0.15, 0.2) is 11.5 Å². The van der Waals surface area contributed by atoms with E-state index in [4.69, 9.17) is 18.6 Å². The molecule has 0 aliphatic rings. The maximum absolute atomic E-state index is 5.77. The first-order valence-electron chi connectivity index (χ1n) is 8.83. The molecule has 3 aromatic rings. The van der Waals surface area contributed by atoms with Crippen LogP contribution in [0.15, 0.2) is 50.5 Å². The SMILES string of the molecule is CCOc1cc(Br)c(CSc2nnc(-c3ccc(OC)cc3)o2)cc1OCC. The van der Waals surface area contributed by atoms with Crippen LogP contribution in [0.3, 0.4) is 0 Å². The average Bonchev–Trinajstić information content (AvgIpc) is 3.18. The maximum Gasteiger partial charge on any atom is 0.277 e. The standard InChI is InChI=1S/C20H21BrN2O4S/c1-4-25-17-10-14(16(21)11-18(17)26-5-2)12-28-20-23-22-19(27-20)13-6-8-15(24-3)9-7-13/h6-11H,4-5,12H2,1-3H3. The van der Waals surface area contributed by atoms with Crippen molar-refractivity contribution in [2.24, 2.45) is 0 Å². The van der Waals surface area contributed by atoms with Gasteiger partial charge in [0.05, 0.1) is 20.3 Å². The average molecular weight is 465 g/mol. The van der Waals surface area contributed by atoms with E-state index >= 15 is 0 Å². The quantitative estimate of drug-likeness (QED) is 0.381. The normalized spacial score (nSPS) is 10.7. The molecule has 0 amide bonds. The van der Waals surface area contributed by atoms with E-state index in [-0.39, 0.29) is 0 Å². The van der Waals surface area contributed by atoms with Crippen molar-refractivity contribution in [1.29, 1.82) is 0 Å². The zero-order chi connectivity index (χ0) is 19.9. The Morgan fingerprint density at radius 1 is 1.00 bits per heavy atom. The first-order valence-corrected chi connectivity index (χ1v) is 10.6. The number of benzene rings is 2. The number of methoxy groups -OCH3 is 1. The second-order valence-corrected chi connectivity index (χ2v) is 7.43. The molecule has 0 saturated heterocycles. The van der Waals surface area contributed by atoms with E-state index in [2.05, 4.69) is 26.1 Å². The van der Waals surface area contributed by atoms with Crippen LogP contribution in [-0.4, -0.2) is 30.5 Å². The van der Waals surface area contributed by atoms with E-state index in [1.54, 1.807) is 7.11 Å². The van der Waals surface area contributed by atoms with Crippen LogP contribution in [0.2, 0.25) is 0 Å². The molecule has 0 atom stereocenters. The first kappa shape index (κ1) is 20.5. The molecule has 1 heterocycles. The summed E-state index contributed by atoms with van der Waals surface area (Å²) < 4.78 is 23.2. The Hall–Kier alpha value is -2.19. The second-order valence-electron chi connectivity index (χ2n) is 5.65. The lowest BCUT2D eigenvalue weighted by atomic mass is 10.2. The van der Waals surface area contributed by atoms with Crippen molar-refractivity contribution in [3.63, 3.8) is 0 Å². The molecule has 28 heavy (non-hydrogen) atoms. The molecule has 6 nitrogen and oxygen atoms in total. The Morgan fingerprint density at radius 3 is 2.32 bits per heavy atom. The predicted octanol–water partition coefficient (Wildman–Crippen LogP) is 5.60. The molecule has 0 bridgehead atoms. The van der Waals surface area contributed by atoms with Gasteiger partial charge in [0.1, 0.15) is 5.75 Å². The highest BCUT2D eigenvalue weighted by molar-refractivity contribution is 9.10. The van der Waals surface area contributed by atoms with Crippen LogP contribution >= 0.6 is 27.7 Å². The number of nitrogens with zero attached hydrogens (tertiary/aromatic N) is 2. The Kier molecular flexibility index (Phi) is 7.22. The minimum atomic E-state index is 0.478.